The summed E-state index contributed by atoms with van der Waals surface area (Å²) in [4.78, 5) is 13.4. The molecule has 28 heavy (non-hydrogen) atoms. The molecule has 0 saturated carbocycles. The number of hydrogen-bond acceptors (Lipinski definition) is 5. The van der Waals surface area contributed by atoms with Crippen LogP contribution in [0.2, 0.25) is 5.02 Å². The van der Waals surface area contributed by atoms with Crippen molar-refractivity contribution >= 4 is 17.5 Å². The van der Waals surface area contributed by atoms with E-state index in [1.54, 1.807) is 18.4 Å². The van der Waals surface area contributed by atoms with E-state index in [9.17, 15) is 4.79 Å². The number of benzene rings is 1. The maximum atomic E-state index is 12.3. The Labute approximate surface area is 168 Å². The molecule has 3 rings (SSSR count). The largest absolute Gasteiger partial charge is 0.459 e. The number of quaternary nitrogens is 1. The molecule has 2 heterocycles. The first-order valence-electron chi connectivity index (χ1n) is 9.35. The van der Waals surface area contributed by atoms with E-state index >= 15 is 0 Å². The van der Waals surface area contributed by atoms with Gasteiger partial charge in [0.1, 0.15) is 0 Å². The fourth-order valence-corrected chi connectivity index (χ4v) is 3.17. The fourth-order valence-electron chi connectivity index (χ4n) is 2.96. The van der Waals surface area contributed by atoms with Crippen molar-refractivity contribution in [3.05, 3.63) is 59.1 Å². The van der Waals surface area contributed by atoms with E-state index < -0.39 is 0 Å². The Hall–Kier alpha value is -2.64. The van der Waals surface area contributed by atoms with Crippen molar-refractivity contribution in [2.45, 2.75) is 26.3 Å². The number of rotatable bonds is 10. The summed E-state index contributed by atoms with van der Waals surface area (Å²) in [6.45, 7) is 4.33. The van der Waals surface area contributed by atoms with Gasteiger partial charge in [0.2, 0.25) is 0 Å². The van der Waals surface area contributed by atoms with Gasteiger partial charge in [0.15, 0.2) is 18.8 Å². The van der Waals surface area contributed by atoms with Crippen LogP contribution in [0.1, 0.15) is 24.8 Å². The van der Waals surface area contributed by atoms with Crippen LogP contribution in [-0.4, -0.2) is 35.7 Å². The number of furan rings is 1. The minimum Gasteiger partial charge on any atom is -0.459 e. The quantitative estimate of drug-likeness (QED) is 0.541. The molecule has 2 N–H and O–H groups in total. The van der Waals surface area contributed by atoms with Crippen LogP contribution < -0.4 is 10.2 Å². The first-order chi connectivity index (χ1) is 13.6. The topological polar surface area (TPSA) is 85.6 Å². The number of carbonyl (C=O) groups excluding carboxylic acids is 1. The highest BCUT2D eigenvalue weighted by atomic mass is 35.5. The summed E-state index contributed by atoms with van der Waals surface area (Å²) in [6.07, 6.45) is 3.25. The van der Waals surface area contributed by atoms with Gasteiger partial charge in [0.05, 0.1) is 12.8 Å². The van der Waals surface area contributed by atoms with Crippen molar-refractivity contribution in [3.63, 3.8) is 0 Å². The van der Waals surface area contributed by atoms with Gasteiger partial charge in [-0.3, -0.25) is 4.79 Å². The standard InChI is InChI=1S/C20H23ClN4O3/c1-2-10-25(14-19-23-24-20(28-19)17-7-4-11-27-17)13-18(26)22-9-8-15-5-3-6-16(21)12-15/h3-7,11-12H,2,8-10,13-14H2,1H3,(H,22,26)/p+1. The number of hydrogen-bond donors (Lipinski definition) is 2. The zero-order chi connectivity index (χ0) is 19.8. The predicted molar refractivity (Wildman–Crippen MR) is 105 cm³/mol. The second-order valence-corrected chi connectivity index (χ2v) is 7.00. The molecule has 0 aliphatic heterocycles. The molecular weight excluding hydrogens is 380 g/mol. The maximum absolute atomic E-state index is 12.3. The van der Waals surface area contributed by atoms with E-state index in [4.69, 9.17) is 20.4 Å². The average molecular weight is 404 g/mol. The van der Waals surface area contributed by atoms with Gasteiger partial charge in [-0.05, 0) is 42.7 Å². The lowest BCUT2D eigenvalue weighted by molar-refractivity contribution is -0.907. The van der Waals surface area contributed by atoms with Gasteiger partial charge in [0, 0.05) is 11.6 Å². The Kier molecular flexibility index (Phi) is 7.22. The molecule has 0 fully saturated rings. The highest BCUT2D eigenvalue weighted by molar-refractivity contribution is 6.30. The first kappa shape index (κ1) is 20.1. The van der Waals surface area contributed by atoms with Crippen molar-refractivity contribution in [2.75, 3.05) is 19.6 Å². The third-order valence-corrected chi connectivity index (χ3v) is 4.47. The number of aromatic nitrogens is 2. The number of amides is 1. The zero-order valence-corrected chi connectivity index (χ0v) is 16.5. The molecule has 7 nitrogen and oxygen atoms in total. The van der Waals surface area contributed by atoms with Crippen LogP contribution in [0, 0.1) is 0 Å². The molecule has 0 saturated heterocycles. The van der Waals surface area contributed by atoms with Gasteiger partial charge in [-0.2, -0.15) is 0 Å². The lowest BCUT2D eigenvalue weighted by Gasteiger charge is -2.16. The highest BCUT2D eigenvalue weighted by Gasteiger charge is 2.19. The van der Waals surface area contributed by atoms with Crippen molar-refractivity contribution in [1.82, 2.24) is 15.5 Å². The summed E-state index contributed by atoms with van der Waals surface area (Å²) in [7, 11) is 0. The van der Waals surface area contributed by atoms with Gasteiger partial charge >= 0.3 is 0 Å². The number of nitrogens with one attached hydrogen (secondary N) is 2. The molecule has 1 amide bonds. The van der Waals surface area contributed by atoms with E-state index in [1.807, 2.05) is 24.3 Å². The monoisotopic (exact) mass is 403 g/mol. The van der Waals surface area contributed by atoms with E-state index in [0.717, 1.165) is 29.8 Å². The van der Waals surface area contributed by atoms with Gasteiger partial charge in [-0.15, -0.1) is 10.2 Å². The van der Waals surface area contributed by atoms with E-state index in [2.05, 4.69) is 22.4 Å². The molecule has 0 aliphatic carbocycles. The summed E-state index contributed by atoms with van der Waals surface area (Å²) >= 11 is 5.98. The third kappa shape index (κ3) is 5.94. The number of carbonyl (C=O) groups is 1. The van der Waals surface area contributed by atoms with Gasteiger partial charge < -0.3 is 19.1 Å². The van der Waals surface area contributed by atoms with Crippen molar-refractivity contribution in [2.24, 2.45) is 0 Å². The molecule has 148 valence electrons. The predicted octanol–water partition coefficient (Wildman–Crippen LogP) is 2.14. The minimum atomic E-state index is -0.00347. The van der Waals surface area contributed by atoms with Crippen molar-refractivity contribution in [1.29, 1.82) is 0 Å². The highest BCUT2D eigenvalue weighted by Crippen LogP contribution is 2.17. The summed E-state index contributed by atoms with van der Waals surface area (Å²) in [6, 6.07) is 11.2. The molecule has 0 bridgehead atoms. The molecule has 1 unspecified atom stereocenters. The molecule has 0 spiro atoms. The molecular formula is C20H24ClN4O3+. The van der Waals surface area contributed by atoms with Crippen LogP contribution in [0.4, 0.5) is 0 Å². The second kappa shape index (κ2) is 10.1. The van der Waals surface area contributed by atoms with Crippen molar-refractivity contribution < 1.29 is 18.5 Å². The van der Waals surface area contributed by atoms with Crippen molar-refractivity contribution in [3.8, 4) is 11.7 Å². The smallest absolute Gasteiger partial charge is 0.283 e. The lowest BCUT2D eigenvalue weighted by Crippen LogP contribution is -3.12. The van der Waals surface area contributed by atoms with Gasteiger partial charge in [0.25, 0.3) is 17.7 Å². The number of halogens is 1. The second-order valence-electron chi connectivity index (χ2n) is 6.56. The molecule has 0 radical (unpaired) electrons. The van der Waals surface area contributed by atoms with Crippen LogP contribution in [0.3, 0.4) is 0 Å². The van der Waals surface area contributed by atoms with Gasteiger partial charge in [-0.1, -0.05) is 30.7 Å². The maximum Gasteiger partial charge on any atom is 0.283 e. The third-order valence-electron chi connectivity index (χ3n) is 4.24. The van der Waals surface area contributed by atoms with E-state index in [1.165, 1.54) is 0 Å². The van der Waals surface area contributed by atoms with Gasteiger partial charge in [-0.25, -0.2) is 0 Å². The Morgan fingerprint density at radius 2 is 2.14 bits per heavy atom. The SMILES string of the molecule is CCC[NH+](CC(=O)NCCc1cccc(Cl)c1)Cc1nnc(-c2ccco2)o1. The lowest BCUT2D eigenvalue weighted by atomic mass is 10.1. The Morgan fingerprint density at radius 1 is 1.25 bits per heavy atom. The van der Waals surface area contributed by atoms with E-state index in [0.29, 0.717) is 42.2 Å². The molecule has 1 atom stereocenters. The summed E-state index contributed by atoms with van der Waals surface area (Å²) in [5.41, 5.74) is 1.10. The van der Waals surface area contributed by atoms with Crippen LogP contribution in [0.5, 0.6) is 0 Å². The Bertz CT molecular complexity index is 879. The summed E-state index contributed by atoms with van der Waals surface area (Å²) in [5, 5.41) is 11.7. The molecule has 1 aromatic carbocycles. The van der Waals surface area contributed by atoms with Crippen LogP contribution in [0.25, 0.3) is 11.7 Å². The zero-order valence-electron chi connectivity index (χ0n) is 15.8. The summed E-state index contributed by atoms with van der Waals surface area (Å²) < 4.78 is 10.9. The van der Waals surface area contributed by atoms with Crippen LogP contribution >= 0.6 is 11.6 Å². The first-order valence-corrected chi connectivity index (χ1v) is 9.73. The summed E-state index contributed by atoms with van der Waals surface area (Å²) in [5.74, 6) is 1.37. The minimum absolute atomic E-state index is 0.00347. The Balaban J connectivity index is 1.49. The number of nitrogens with zero attached hydrogens (tertiary/aromatic N) is 2. The average Bonchev–Trinajstić information content (AvgIpc) is 3.33. The van der Waals surface area contributed by atoms with Crippen LogP contribution in [-0.2, 0) is 17.8 Å². The molecule has 8 heteroatoms. The molecule has 3 aromatic rings. The van der Waals surface area contributed by atoms with E-state index in [-0.39, 0.29) is 5.91 Å². The normalized spacial score (nSPS) is 12.1. The molecule has 0 aliphatic rings. The molecule has 2 aromatic heterocycles. The van der Waals surface area contributed by atoms with Crippen LogP contribution in [0.15, 0.2) is 51.5 Å². The fraction of sp³-hybridized carbons (Fsp3) is 0.350. The Morgan fingerprint density at radius 3 is 2.89 bits per heavy atom.